The lowest BCUT2D eigenvalue weighted by molar-refractivity contribution is -0.108. The summed E-state index contributed by atoms with van der Waals surface area (Å²) in [5, 5.41) is 8.15. The molecule has 0 saturated carbocycles. The number of carbonyl (C=O) groups excluding carboxylic acids is 1. The lowest BCUT2D eigenvalue weighted by Crippen LogP contribution is -2.00. The molecule has 8 heteroatoms. The van der Waals surface area contributed by atoms with Crippen LogP contribution < -0.4 is 4.74 Å². The molecule has 0 fully saturated rings. The lowest BCUT2D eigenvalue weighted by Gasteiger charge is -2.05. The summed E-state index contributed by atoms with van der Waals surface area (Å²) in [5.74, 6) is 0.678. The minimum Gasteiger partial charge on any atom is -0.493 e. The number of hydrogen-bond donors (Lipinski definition) is 0. The zero-order valence-corrected chi connectivity index (χ0v) is 11.6. The molecular weight excluding hydrogens is 294 g/mol. The van der Waals surface area contributed by atoms with E-state index in [-0.39, 0.29) is 5.28 Å². The largest absolute Gasteiger partial charge is 0.493 e. The molecule has 3 rings (SSSR count). The molecule has 0 saturated heterocycles. The smallest absolute Gasteiger partial charge is 0.224 e. The van der Waals surface area contributed by atoms with E-state index in [0.29, 0.717) is 29.9 Å². The molecular formula is C13H10ClN5O2. The average molecular weight is 304 g/mol. The number of ether oxygens (including phenoxy) is 1. The Morgan fingerprint density at radius 2 is 2.10 bits per heavy atom. The molecule has 1 aromatic carbocycles. The van der Waals surface area contributed by atoms with E-state index in [4.69, 9.17) is 16.3 Å². The van der Waals surface area contributed by atoms with Crippen LogP contribution in [0.5, 0.6) is 5.75 Å². The SMILES string of the molecule is O=CCCOc1ccc(-n2nnc3cnc(Cl)nc32)cc1. The summed E-state index contributed by atoms with van der Waals surface area (Å²) in [7, 11) is 0. The Balaban J connectivity index is 1.88. The summed E-state index contributed by atoms with van der Waals surface area (Å²) < 4.78 is 6.97. The number of nitrogens with zero attached hydrogens (tertiary/aromatic N) is 5. The van der Waals surface area contributed by atoms with E-state index >= 15 is 0 Å². The quantitative estimate of drug-likeness (QED) is 0.406. The van der Waals surface area contributed by atoms with Crippen molar-refractivity contribution in [3.63, 3.8) is 0 Å². The monoisotopic (exact) mass is 303 g/mol. The number of hydrogen-bond acceptors (Lipinski definition) is 6. The Hall–Kier alpha value is -2.54. The van der Waals surface area contributed by atoms with Gasteiger partial charge in [0.2, 0.25) is 5.28 Å². The van der Waals surface area contributed by atoms with Gasteiger partial charge in [0.25, 0.3) is 0 Å². The van der Waals surface area contributed by atoms with Gasteiger partial charge in [-0.15, -0.1) is 5.10 Å². The van der Waals surface area contributed by atoms with E-state index in [1.54, 1.807) is 16.8 Å². The summed E-state index contributed by atoms with van der Waals surface area (Å²) in [6.45, 7) is 0.359. The molecule has 3 aromatic rings. The summed E-state index contributed by atoms with van der Waals surface area (Å²) in [4.78, 5) is 18.2. The first-order valence-electron chi connectivity index (χ1n) is 6.19. The molecule has 0 atom stereocenters. The summed E-state index contributed by atoms with van der Waals surface area (Å²) >= 11 is 5.79. The third-order valence-electron chi connectivity index (χ3n) is 2.75. The van der Waals surface area contributed by atoms with Crippen LogP contribution in [0.2, 0.25) is 5.28 Å². The van der Waals surface area contributed by atoms with Crippen LogP contribution in [0, 0.1) is 0 Å². The van der Waals surface area contributed by atoms with Crippen molar-refractivity contribution in [2.24, 2.45) is 0 Å². The maximum absolute atomic E-state index is 10.2. The van der Waals surface area contributed by atoms with Gasteiger partial charge >= 0.3 is 0 Å². The van der Waals surface area contributed by atoms with Crippen LogP contribution in [0.1, 0.15) is 6.42 Å². The van der Waals surface area contributed by atoms with Crippen molar-refractivity contribution >= 4 is 29.1 Å². The molecule has 21 heavy (non-hydrogen) atoms. The number of rotatable bonds is 5. The molecule has 0 aliphatic rings. The maximum atomic E-state index is 10.2. The Bertz CT molecular complexity index is 772. The van der Waals surface area contributed by atoms with Crippen molar-refractivity contribution in [2.75, 3.05) is 6.61 Å². The normalized spacial score (nSPS) is 10.7. The Morgan fingerprint density at radius 3 is 2.86 bits per heavy atom. The van der Waals surface area contributed by atoms with Gasteiger partial charge in [-0.05, 0) is 35.9 Å². The minimum atomic E-state index is 0.139. The third kappa shape index (κ3) is 2.82. The first kappa shape index (κ1) is 13.4. The van der Waals surface area contributed by atoms with Gasteiger partial charge < -0.3 is 9.53 Å². The molecule has 0 aliphatic carbocycles. The van der Waals surface area contributed by atoms with Gasteiger partial charge in [-0.1, -0.05) is 5.21 Å². The van der Waals surface area contributed by atoms with Crippen molar-refractivity contribution in [2.45, 2.75) is 6.42 Å². The average Bonchev–Trinajstić information content (AvgIpc) is 2.91. The van der Waals surface area contributed by atoms with Crippen LogP contribution >= 0.6 is 11.6 Å². The van der Waals surface area contributed by atoms with Crippen molar-refractivity contribution in [1.29, 1.82) is 0 Å². The molecule has 2 aromatic heterocycles. The minimum absolute atomic E-state index is 0.139. The highest BCUT2D eigenvalue weighted by Crippen LogP contribution is 2.18. The topological polar surface area (TPSA) is 82.8 Å². The highest BCUT2D eigenvalue weighted by molar-refractivity contribution is 6.28. The van der Waals surface area contributed by atoms with Gasteiger partial charge in [0.1, 0.15) is 12.0 Å². The van der Waals surface area contributed by atoms with E-state index in [9.17, 15) is 4.79 Å². The fourth-order valence-electron chi connectivity index (χ4n) is 1.79. The summed E-state index contributed by atoms with van der Waals surface area (Å²) in [6.07, 6.45) is 2.70. The van der Waals surface area contributed by atoms with E-state index in [1.165, 1.54) is 6.20 Å². The van der Waals surface area contributed by atoms with Crippen LogP contribution in [0.3, 0.4) is 0 Å². The van der Waals surface area contributed by atoms with E-state index in [1.807, 2.05) is 12.1 Å². The molecule has 7 nitrogen and oxygen atoms in total. The van der Waals surface area contributed by atoms with Crippen LogP contribution in [0.25, 0.3) is 16.9 Å². The molecule has 0 unspecified atom stereocenters. The maximum Gasteiger partial charge on any atom is 0.224 e. The van der Waals surface area contributed by atoms with Gasteiger partial charge in [0.05, 0.1) is 18.5 Å². The lowest BCUT2D eigenvalue weighted by atomic mass is 10.3. The first-order valence-corrected chi connectivity index (χ1v) is 6.56. The van der Waals surface area contributed by atoms with Crippen molar-refractivity contribution in [1.82, 2.24) is 25.0 Å². The van der Waals surface area contributed by atoms with Gasteiger partial charge in [-0.25, -0.2) is 4.98 Å². The predicted octanol–water partition coefficient (Wildman–Crippen LogP) is 1.83. The van der Waals surface area contributed by atoms with Crippen molar-refractivity contribution < 1.29 is 9.53 Å². The Kier molecular flexibility index (Phi) is 3.74. The van der Waals surface area contributed by atoms with Crippen LogP contribution in [-0.2, 0) is 4.79 Å². The van der Waals surface area contributed by atoms with E-state index in [2.05, 4.69) is 20.3 Å². The van der Waals surface area contributed by atoms with Crippen LogP contribution in [0.4, 0.5) is 0 Å². The van der Waals surface area contributed by atoms with Crippen LogP contribution in [-0.4, -0.2) is 37.9 Å². The molecule has 0 N–H and O–H groups in total. The predicted molar refractivity (Wildman–Crippen MR) is 75.6 cm³/mol. The number of halogens is 1. The Labute approximate surface area is 124 Å². The number of fused-ring (bicyclic) bond motifs is 1. The second kappa shape index (κ2) is 5.84. The molecule has 106 valence electrons. The number of carbonyl (C=O) groups is 1. The molecule has 0 aliphatic heterocycles. The van der Waals surface area contributed by atoms with Crippen LogP contribution in [0.15, 0.2) is 30.5 Å². The van der Waals surface area contributed by atoms with Gasteiger partial charge in [-0.3, -0.25) is 0 Å². The Morgan fingerprint density at radius 1 is 1.29 bits per heavy atom. The second-order valence-corrected chi connectivity index (χ2v) is 4.48. The van der Waals surface area contributed by atoms with Gasteiger partial charge in [-0.2, -0.15) is 9.67 Å². The first-order chi connectivity index (χ1) is 10.3. The highest BCUT2D eigenvalue weighted by atomic mass is 35.5. The highest BCUT2D eigenvalue weighted by Gasteiger charge is 2.09. The summed E-state index contributed by atoms with van der Waals surface area (Å²) in [6, 6.07) is 7.22. The molecule has 2 heterocycles. The number of benzene rings is 1. The fourth-order valence-corrected chi connectivity index (χ4v) is 1.92. The van der Waals surface area contributed by atoms with Crippen molar-refractivity contribution in [3.8, 4) is 11.4 Å². The van der Waals surface area contributed by atoms with E-state index in [0.717, 1.165) is 12.0 Å². The standard InChI is InChI=1S/C13H10ClN5O2/c14-13-15-8-11-12(16-13)19(18-17-11)9-2-4-10(5-3-9)21-7-1-6-20/h2-6,8H,1,7H2. The van der Waals surface area contributed by atoms with Crippen molar-refractivity contribution in [3.05, 3.63) is 35.7 Å². The zero-order chi connectivity index (χ0) is 14.7. The van der Waals surface area contributed by atoms with Gasteiger partial charge in [0, 0.05) is 6.42 Å². The summed E-state index contributed by atoms with van der Waals surface area (Å²) in [5.41, 5.74) is 1.87. The molecule has 0 bridgehead atoms. The third-order valence-corrected chi connectivity index (χ3v) is 2.93. The fraction of sp³-hybridized carbons (Fsp3) is 0.154. The number of aldehydes is 1. The second-order valence-electron chi connectivity index (χ2n) is 4.15. The zero-order valence-electron chi connectivity index (χ0n) is 10.8. The number of aromatic nitrogens is 5. The molecule has 0 amide bonds. The van der Waals surface area contributed by atoms with E-state index < -0.39 is 0 Å². The van der Waals surface area contributed by atoms with Gasteiger partial charge in [0.15, 0.2) is 11.2 Å². The molecule has 0 radical (unpaired) electrons. The molecule has 0 spiro atoms.